The predicted molar refractivity (Wildman–Crippen MR) is 129 cm³/mol. The summed E-state index contributed by atoms with van der Waals surface area (Å²) in [5.41, 5.74) is 1.90. The minimum absolute atomic E-state index is 0. The molecule has 0 saturated carbocycles. The summed E-state index contributed by atoms with van der Waals surface area (Å²) in [6.07, 6.45) is 1.79. The predicted octanol–water partition coefficient (Wildman–Crippen LogP) is 3.65. The highest BCUT2D eigenvalue weighted by Crippen LogP contribution is 2.29. The third-order valence-corrected chi connectivity index (χ3v) is 4.32. The van der Waals surface area contributed by atoms with Crippen LogP contribution in [-0.2, 0) is 6.54 Å². The Kier molecular flexibility index (Phi) is 11.2. The number of rotatable bonds is 9. The number of hydrogen-bond donors (Lipinski definition) is 2. The Morgan fingerprint density at radius 2 is 1.86 bits per heavy atom. The zero-order valence-electron chi connectivity index (χ0n) is 17.5. The SMILES string of the molecule is CCNC(=NCCCCn1c(C)cccc1=O)Nc1ccc(OC)c(OC)c1.I. The average Bonchev–Trinajstić information content (AvgIpc) is 2.69. The van der Waals surface area contributed by atoms with Crippen LogP contribution in [0.15, 0.2) is 46.2 Å². The number of methoxy groups -OCH3 is 2. The van der Waals surface area contributed by atoms with Crippen molar-refractivity contribution in [3.8, 4) is 11.5 Å². The maximum absolute atomic E-state index is 11.9. The smallest absolute Gasteiger partial charge is 0.250 e. The van der Waals surface area contributed by atoms with Crippen molar-refractivity contribution in [2.45, 2.75) is 33.2 Å². The quantitative estimate of drug-likeness (QED) is 0.231. The molecule has 2 rings (SSSR count). The van der Waals surface area contributed by atoms with Gasteiger partial charge in [-0.15, -0.1) is 24.0 Å². The van der Waals surface area contributed by atoms with Crippen LogP contribution in [0.1, 0.15) is 25.5 Å². The highest BCUT2D eigenvalue weighted by atomic mass is 127. The summed E-state index contributed by atoms with van der Waals surface area (Å²) in [5, 5.41) is 6.52. The van der Waals surface area contributed by atoms with Crippen molar-refractivity contribution in [3.63, 3.8) is 0 Å². The standard InChI is InChI=1S/C21H30N4O3.HI/c1-5-22-21(24-17-11-12-18(27-3)19(15-17)28-4)23-13-6-7-14-25-16(2)9-8-10-20(25)26;/h8-12,15H,5-7,13-14H2,1-4H3,(H2,22,23,24);1H. The molecule has 0 aliphatic heterocycles. The van der Waals surface area contributed by atoms with Crippen LogP contribution in [0.25, 0.3) is 0 Å². The first-order valence-corrected chi connectivity index (χ1v) is 9.52. The van der Waals surface area contributed by atoms with Crippen molar-refractivity contribution in [2.24, 2.45) is 4.99 Å². The van der Waals surface area contributed by atoms with E-state index in [0.717, 1.165) is 30.8 Å². The summed E-state index contributed by atoms with van der Waals surface area (Å²) in [7, 11) is 3.22. The lowest BCUT2D eigenvalue weighted by atomic mass is 10.2. The molecule has 1 aromatic carbocycles. The van der Waals surface area contributed by atoms with E-state index in [2.05, 4.69) is 15.6 Å². The number of nitrogens with zero attached hydrogens (tertiary/aromatic N) is 2. The number of nitrogens with one attached hydrogen (secondary N) is 2. The Morgan fingerprint density at radius 3 is 2.52 bits per heavy atom. The van der Waals surface area contributed by atoms with Crippen molar-refractivity contribution in [1.29, 1.82) is 0 Å². The zero-order valence-corrected chi connectivity index (χ0v) is 19.9. The van der Waals surface area contributed by atoms with Gasteiger partial charge in [0.2, 0.25) is 0 Å². The molecular weight excluding hydrogens is 483 g/mol. The van der Waals surface area contributed by atoms with Crippen molar-refractivity contribution in [3.05, 3.63) is 52.4 Å². The molecule has 0 atom stereocenters. The third-order valence-electron chi connectivity index (χ3n) is 4.32. The molecule has 0 spiro atoms. The number of ether oxygens (including phenoxy) is 2. The van der Waals surface area contributed by atoms with E-state index < -0.39 is 0 Å². The van der Waals surface area contributed by atoms with Crippen LogP contribution in [0.2, 0.25) is 0 Å². The number of benzene rings is 1. The van der Waals surface area contributed by atoms with Gasteiger partial charge in [-0.3, -0.25) is 9.79 Å². The van der Waals surface area contributed by atoms with Gasteiger partial charge in [0, 0.05) is 43.1 Å². The maximum Gasteiger partial charge on any atom is 0.250 e. The van der Waals surface area contributed by atoms with Crippen molar-refractivity contribution in [2.75, 3.05) is 32.6 Å². The summed E-state index contributed by atoms with van der Waals surface area (Å²) < 4.78 is 12.4. The van der Waals surface area contributed by atoms with Gasteiger partial charge in [0.05, 0.1) is 14.2 Å². The second-order valence-corrected chi connectivity index (χ2v) is 6.32. The number of pyridine rings is 1. The van der Waals surface area contributed by atoms with E-state index in [9.17, 15) is 4.79 Å². The lowest BCUT2D eigenvalue weighted by Crippen LogP contribution is -2.30. The Labute approximate surface area is 189 Å². The molecule has 0 fully saturated rings. The van der Waals surface area contributed by atoms with E-state index in [-0.39, 0.29) is 29.5 Å². The van der Waals surface area contributed by atoms with Crippen LogP contribution in [0.3, 0.4) is 0 Å². The topological polar surface area (TPSA) is 76.9 Å². The molecule has 7 nitrogen and oxygen atoms in total. The first-order chi connectivity index (χ1) is 13.6. The fourth-order valence-electron chi connectivity index (χ4n) is 2.84. The molecule has 0 aliphatic carbocycles. The molecular formula is C21H31IN4O3. The number of guanidine groups is 1. The number of unbranched alkanes of at least 4 members (excludes halogenated alkanes) is 1. The van der Waals surface area contributed by atoms with E-state index in [1.54, 1.807) is 30.9 Å². The van der Waals surface area contributed by atoms with Gasteiger partial charge in [-0.05, 0) is 44.9 Å². The number of aliphatic imine (C=N–C) groups is 1. The van der Waals surface area contributed by atoms with Gasteiger partial charge >= 0.3 is 0 Å². The molecule has 1 aromatic heterocycles. The van der Waals surface area contributed by atoms with Gasteiger partial charge in [-0.2, -0.15) is 0 Å². The number of aromatic nitrogens is 1. The van der Waals surface area contributed by atoms with Gasteiger partial charge in [-0.25, -0.2) is 0 Å². The normalized spacial score (nSPS) is 10.8. The van der Waals surface area contributed by atoms with Crippen LogP contribution in [0.5, 0.6) is 11.5 Å². The van der Waals surface area contributed by atoms with Gasteiger partial charge in [0.25, 0.3) is 5.56 Å². The first kappa shape index (κ1) is 24.8. The lowest BCUT2D eigenvalue weighted by Gasteiger charge is -2.14. The summed E-state index contributed by atoms with van der Waals surface area (Å²) in [4.78, 5) is 16.5. The molecule has 0 radical (unpaired) electrons. The zero-order chi connectivity index (χ0) is 20.4. The van der Waals surface area contributed by atoms with Crippen LogP contribution >= 0.6 is 24.0 Å². The van der Waals surface area contributed by atoms with Gasteiger partial charge in [0.15, 0.2) is 17.5 Å². The third kappa shape index (κ3) is 7.60. The molecule has 0 saturated heterocycles. The second kappa shape index (κ2) is 13.1. The number of hydrogen-bond acceptors (Lipinski definition) is 4. The van der Waals surface area contributed by atoms with E-state index >= 15 is 0 Å². The molecule has 0 unspecified atom stereocenters. The van der Waals surface area contributed by atoms with Crippen LogP contribution < -0.4 is 25.7 Å². The molecule has 160 valence electrons. The number of halogens is 1. The Morgan fingerprint density at radius 1 is 1.10 bits per heavy atom. The van der Waals surface area contributed by atoms with E-state index in [4.69, 9.17) is 9.47 Å². The van der Waals surface area contributed by atoms with Gasteiger partial charge < -0.3 is 24.7 Å². The van der Waals surface area contributed by atoms with E-state index in [0.29, 0.717) is 30.5 Å². The fraction of sp³-hybridized carbons (Fsp3) is 0.429. The summed E-state index contributed by atoms with van der Waals surface area (Å²) in [6, 6.07) is 11.0. The van der Waals surface area contributed by atoms with Gasteiger partial charge in [0.1, 0.15) is 0 Å². The maximum atomic E-state index is 11.9. The molecule has 0 aliphatic rings. The Bertz CT molecular complexity index is 852. The molecule has 2 N–H and O–H groups in total. The number of anilines is 1. The first-order valence-electron chi connectivity index (χ1n) is 9.52. The Balaban J connectivity index is 0.00000420. The number of aryl methyl sites for hydroxylation is 1. The van der Waals surface area contributed by atoms with Crippen LogP contribution in [0, 0.1) is 6.92 Å². The fourth-order valence-corrected chi connectivity index (χ4v) is 2.84. The Hall–Kier alpha value is -2.23. The van der Waals surface area contributed by atoms with Gasteiger partial charge in [-0.1, -0.05) is 6.07 Å². The minimum atomic E-state index is 0. The summed E-state index contributed by atoms with van der Waals surface area (Å²) >= 11 is 0. The minimum Gasteiger partial charge on any atom is -0.493 e. The van der Waals surface area contributed by atoms with Crippen LogP contribution in [0.4, 0.5) is 5.69 Å². The molecule has 8 heteroatoms. The molecule has 1 heterocycles. The van der Waals surface area contributed by atoms with Crippen molar-refractivity contribution >= 4 is 35.6 Å². The van der Waals surface area contributed by atoms with Crippen molar-refractivity contribution < 1.29 is 9.47 Å². The molecule has 2 aromatic rings. The summed E-state index contributed by atoms with van der Waals surface area (Å²) in [6.45, 7) is 6.12. The summed E-state index contributed by atoms with van der Waals surface area (Å²) in [5.74, 6) is 2.05. The van der Waals surface area contributed by atoms with E-state index in [1.165, 1.54) is 0 Å². The molecule has 29 heavy (non-hydrogen) atoms. The monoisotopic (exact) mass is 514 g/mol. The second-order valence-electron chi connectivity index (χ2n) is 6.32. The van der Waals surface area contributed by atoms with E-state index in [1.807, 2.05) is 38.1 Å². The van der Waals surface area contributed by atoms with Crippen molar-refractivity contribution in [1.82, 2.24) is 9.88 Å². The highest BCUT2D eigenvalue weighted by Gasteiger charge is 2.06. The lowest BCUT2D eigenvalue weighted by molar-refractivity contribution is 0.355. The molecule has 0 bridgehead atoms. The molecule has 0 amide bonds. The highest BCUT2D eigenvalue weighted by molar-refractivity contribution is 14.0. The largest absolute Gasteiger partial charge is 0.493 e. The van der Waals surface area contributed by atoms with Crippen LogP contribution in [-0.4, -0.2) is 37.8 Å². The average molecular weight is 514 g/mol.